The van der Waals surface area contributed by atoms with E-state index in [0.29, 0.717) is 44.3 Å². The fourth-order valence-corrected chi connectivity index (χ4v) is 24.0. The molecular formula is C112H119Cl2N15O7-2. The number of rotatable bonds is 8. The Kier molecular flexibility index (Phi) is 28.9. The molecule has 12 atom stereocenters. The lowest BCUT2D eigenvalue weighted by atomic mass is 9.58. The largest absolute Gasteiger partial charge is 1.00 e. The molecule has 1 N–H and O–H groups in total. The molecule has 0 unspecified atom stereocenters. The molecule has 0 radical (unpaired) electrons. The van der Waals surface area contributed by atoms with Crippen molar-refractivity contribution in [3.8, 4) is 45.0 Å². The third kappa shape index (κ3) is 18.6. The zero-order chi connectivity index (χ0) is 94.5. The van der Waals surface area contributed by atoms with E-state index in [1.165, 1.54) is 24.8 Å². The first-order chi connectivity index (χ1) is 64.4. The van der Waals surface area contributed by atoms with E-state index in [4.69, 9.17) is 70.9 Å². The van der Waals surface area contributed by atoms with E-state index in [1.807, 2.05) is 138 Å². The van der Waals surface area contributed by atoms with E-state index < -0.39 is 27.3 Å². The van der Waals surface area contributed by atoms with E-state index in [9.17, 15) is 28.8 Å². The molecule has 1 saturated heterocycles. The number of carbonyl (C=O) groups is 6. The number of amides is 2. The first-order valence-corrected chi connectivity index (χ1v) is 48.2. The predicted octanol–water partition coefficient (Wildman–Crippen LogP) is 15.1. The van der Waals surface area contributed by atoms with Crippen LogP contribution in [0.1, 0.15) is 247 Å². The van der Waals surface area contributed by atoms with E-state index in [-0.39, 0.29) is 136 Å². The summed E-state index contributed by atoms with van der Waals surface area (Å²) in [6.07, 6.45) is 27.7. The minimum absolute atomic E-state index is 0. The van der Waals surface area contributed by atoms with Crippen molar-refractivity contribution in [1.82, 2.24) is 55.0 Å². The number of ketones is 4. The number of halogens is 2. The van der Waals surface area contributed by atoms with Crippen molar-refractivity contribution in [3.05, 3.63) is 295 Å². The van der Waals surface area contributed by atoms with Gasteiger partial charge in [0.15, 0.2) is 34.8 Å². The first-order valence-electron chi connectivity index (χ1n) is 48.2. The number of allylic oxidation sites excluding steroid dienone is 8. The van der Waals surface area contributed by atoms with Crippen LogP contribution in [-0.4, -0.2) is 130 Å². The summed E-state index contributed by atoms with van der Waals surface area (Å²) in [4.78, 5) is 135. The Morgan fingerprint density at radius 2 is 0.735 bits per heavy atom. The fraction of sp³-hybridized carbons (Fsp3) is 0.446. The molecule has 7 heterocycles. The summed E-state index contributed by atoms with van der Waals surface area (Å²) >= 11 is 0. The van der Waals surface area contributed by atoms with Crippen molar-refractivity contribution in [2.45, 2.75) is 231 Å². The summed E-state index contributed by atoms with van der Waals surface area (Å²) in [5, 5.41) is 3.42. The molecule has 0 bridgehead atoms. The number of Topliss-reactive ketones (excluding diaryl/α,β-unsaturated/α-hetero) is 4. The van der Waals surface area contributed by atoms with Crippen LogP contribution in [0.25, 0.3) is 75.6 Å². The third-order valence-corrected chi connectivity index (χ3v) is 31.2. The van der Waals surface area contributed by atoms with Crippen molar-refractivity contribution in [2.75, 3.05) is 39.3 Å². The number of aromatic nitrogens is 8. The van der Waals surface area contributed by atoms with Gasteiger partial charge in [-0.15, -0.1) is 0 Å². The molecule has 1 saturated carbocycles. The summed E-state index contributed by atoms with van der Waals surface area (Å²) < 4.78 is 5.63. The van der Waals surface area contributed by atoms with Crippen molar-refractivity contribution >= 4 is 46.3 Å². The molecule has 22 nitrogen and oxygen atoms in total. The van der Waals surface area contributed by atoms with Gasteiger partial charge in [0, 0.05) is 146 Å². The second kappa shape index (κ2) is 40.1. The Morgan fingerprint density at radius 1 is 0.412 bits per heavy atom. The average molecular weight is 1860 g/mol. The standard InChI is InChI=1S/C31H34N4O3.C28H30N4O2.C27H29N3O.C26H26N4O.2ClH/c1-19-23-15-14-22-25(20-11-8-7-9-12-20)33-28(34-27(22)31(23,5)17-24(32-6)26(19)36)21-13-10-16-35(18-21)29(37)38-30(2,3)4;1-17-22-11-10-21-24(19-8-6-5-7-9-19)30-27(20-12-14-32(15-13-20)18(2)33)31-26(21)28(22,3)16-23(29-4)25(17)34;1-17-21-15-14-20-23(18-10-6-4-7-11-18)29-26(19-12-8-5-9-13-19)30-25(20)27(21,2)16-22(28-3)24(17)31;1-16-20-12-11-19-22(17-8-5-4-6-9-17)29-25(18-10-7-13-28-15-18)30-24(19)26(20,2)14-21(27-3)23(16)31;;/h7-9,11-13,17,19,23H,10,14-16,18H2,1-5H3;5-9,16-17,20,22H,10-15H2,1-3H3;4,6-7,10-11,16-17,19,21H,5,8-9,12-15H2,1-2H3;4-6,8-10,14,16,20,28H,7,11-13,15H2,1-2H3;2*1H/p-2/t19-,23-,31-;17-,22-,28-;17-,21-,27-;16-,20-,26-;;/m1111../s1. The van der Waals surface area contributed by atoms with E-state index >= 15 is 0 Å². The first kappa shape index (κ1) is 98.1. The number of ether oxygens (including phenoxy) is 1. The van der Waals surface area contributed by atoms with E-state index in [0.717, 1.165) is 210 Å². The highest BCUT2D eigenvalue weighted by Gasteiger charge is 2.55. The van der Waals surface area contributed by atoms with E-state index in [1.54, 1.807) is 11.8 Å². The minimum Gasteiger partial charge on any atom is -1.00 e. The average Bonchev–Trinajstić information content (AvgIpc) is 0.733. The van der Waals surface area contributed by atoms with Gasteiger partial charge < -0.3 is 63.8 Å². The monoisotopic (exact) mass is 1860 g/mol. The van der Waals surface area contributed by atoms with Crippen molar-refractivity contribution in [3.63, 3.8) is 0 Å². The maximum absolute atomic E-state index is 12.9. The smallest absolute Gasteiger partial charge is 0.410 e. The molecule has 4 aromatic carbocycles. The number of nitrogens with one attached hydrogen (secondary N) is 1. The summed E-state index contributed by atoms with van der Waals surface area (Å²) in [7, 11) is 0. The van der Waals surface area contributed by atoms with Gasteiger partial charge >= 0.3 is 6.09 Å². The van der Waals surface area contributed by atoms with Crippen molar-refractivity contribution in [1.29, 1.82) is 0 Å². The molecular weight excluding hydrogens is 1740 g/mol. The molecule has 2 fully saturated rings. The maximum Gasteiger partial charge on any atom is 0.410 e. The molecule has 12 aliphatic rings. The SMILES string of the molecule is [C-]#[N+]C1=C[C@@]2(C)c3nc(C4=CCCN(C(=O)OC(C)(C)C)C4)nc(-c4ccccc4)c3CC[C@@H]2[C@@H](C)C1=O.[C-]#[N+]C1=C[C@@]2(C)c3nc(C4=CCCNC4)nc(-c4ccccc4)c3CC[C@@H]2[C@@H](C)C1=O.[C-]#[N+]C1=C[C@@]2(C)c3nc(C4CCCCC4)nc(-c4ccccc4)c3CC[C@@H]2[C@@H](C)C1=O.[C-]#[N+]C1=C[C@@]2(C)c3nc(C4CCN(C(C)=O)CC4)nc(-c4ccccc4)c3CC[C@@H]2[C@@H](C)C1=O.[Cl-].[Cl-]. The van der Waals surface area contributed by atoms with Crippen LogP contribution in [0.4, 0.5) is 4.79 Å². The molecule has 24 heteroatoms. The third-order valence-electron chi connectivity index (χ3n) is 31.2. The lowest BCUT2D eigenvalue weighted by Gasteiger charge is -2.46. The number of fused-ring (bicyclic) bond motifs is 12. The zero-order valence-electron chi connectivity index (χ0n) is 79.9. The van der Waals surface area contributed by atoms with Gasteiger partial charge in [-0.3, -0.25) is 4.79 Å². The Labute approximate surface area is 812 Å². The molecule has 136 heavy (non-hydrogen) atoms. The van der Waals surface area contributed by atoms with Gasteiger partial charge in [-0.1, -0.05) is 232 Å². The molecule has 2 amide bonds. The highest BCUT2D eigenvalue weighted by molar-refractivity contribution is 6.03. The van der Waals surface area contributed by atoms with Crippen molar-refractivity contribution < 1.29 is 58.3 Å². The predicted molar refractivity (Wildman–Crippen MR) is 518 cm³/mol. The topological polar surface area (TPSA) is 251 Å². The molecule has 9 aliphatic carbocycles. The van der Waals surface area contributed by atoms with Gasteiger partial charge in [-0.2, -0.15) is 0 Å². The van der Waals surface area contributed by atoms with Crippen LogP contribution in [0.3, 0.4) is 0 Å². The van der Waals surface area contributed by atoms with Crippen LogP contribution in [0, 0.1) is 73.6 Å². The highest BCUT2D eigenvalue weighted by atomic mass is 35.5. The minimum atomic E-state index is -0.577. The molecule has 0 spiro atoms. The van der Waals surface area contributed by atoms with Crippen LogP contribution < -0.4 is 30.1 Å². The van der Waals surface area contributed by atoms with Crippen molar-refractivity contribution in [2.24, 2.45) is 47.3 Å². The summed E-state index contributed by atoms with van der Waals surface area (Å²) in [5.41, 5.74) is 17.1. The molecule has 700 valence electrons. The number of hydrogen-bond donors (Lipinski definition) is 1. The van der Waals surface area contributed by atoms with Gasteiger partial charge in [0.1, 0.15) is 17.2 Å². The maximum atomic E-state index is 12.9. The van der Waals surface area contributed by atoms with Crippen LogP contribution in [0.15, 0.2) is 181 Å². The van der Waals surface area contributed by atoms with Gasteiger partial charge in [0.2, 0.25) is 28.7 Å². The molecule has 20 rings (SSSR count). The number of likely N-dealkylation sites (tertiary alicyclic amines) is 1. The second-order valence-electron chi connectivity index (χ2n) is 40.5. The van der Waals surface area contributed by atoms with Crippen LogP contribution in [0.2, 0.25) is 0 Å². The van der Waals surface area contributed by atoms with Crippen LogP contribution >= 0.6 is 0 Å². The van der Waals surface area contributed by atoms with Gasteiger partial charge in [0.05, 0.1) is 78.4 Å². The number of hydrogen-bond acceptors (Lipinski definition) is 16. The normalized spacial score (nSPS) is 26.4. The Bertz CT molecular complexity index is 6420. The summed E-state index contributed by atoms with van der Waals surface area (Å²) in [6.45, 7) is 58.2. The number of carbonyl (C=O) groups excluding carboxylic acids is 6. The summed E-state index contributed by atoms with van der Waals surface area (Å²) in [6, 6.07) is 41.1. The fourth-order valence-electron chi connectivity index (χ4n) is 24.0. The molecule has 4 aromatic heterocycles. The van der Waals surface area contributed by atoms with E-state index in [2.05, 4.69) is 125 Å². The van der Waals surface area contributed by atoms with Crippen LogP contribution in [0.5, 0.6) is 0 Å². The molecule has 8 aromatic rings. The number of nitrogens with zero attached hydrogens (tertiary/aromatic N) is 14. The lowest BCUT2D eigenvalue weighted by molar-refractivity contribution is -0.130. The highest BCUT2D eigenvalue weighted by Crippen LogP contribution is 2.57. The summed E-state index contributed by atoms with van der Waals surface area (Å²) in [5.74, 6) is 3.36. The quantitative estimate of drug-likeness (QED) is 0.139. The molecule has 3 aliphatic heterocycles. The zero-order valence-corrected chi connectivity index (χ0v) is 81.4. The number of piperidine rings is 1. The van der Waals surface area contributed by atoms with Gasteiger partial charge in [-0.05, 0) is 141 Å². The second-order valence-corrected chi connectivity index (χ2v) is 40.5. The Balaban J connectivity index is 0.000000138. The number of benzene rings is 4. The van der Waals surface area contributed by atoms with Gasteiger partial charge in [0.25, 0.3) is 0 Å². The van der Waals surface area contributed by atoms with Crippen LogP contribution in [-0.2, 0) is 76.1 Å². The van der Waals surface area contributed by atoms with Gasteiger partial charge in [-0.25, -0.2) is 64.0 Å². The Hall–Kier alpha value is -12.4. The Morgan fingerprint density at radius 3 is 1.06 bits per heavy atom. The lowest BCUT2D eigenvalue weighted by Crippen LogP contribution is -3.00.